The summed E-state index contributed by atoms with van der Waals surface area (Å²) in [6.07, 6.45) is 1.27. The van der Waals surface area contributed by atoms with Crippen molar-refractivity contribution >= 4 is 44.9 Å². The Morgan fingerprint density at radius 1 is 1.18 bits per heavy atom. The van der Waals surface area contributed by atoms with E-state index in [1.165, 1.54) is 36.5 Å². The molecule has 0 heterocycles. The van der Waals surface area contributed by atoms with Gasteiger partial charge in [0.25, 0.3) is 15.7 Å². The molecular formula is C21H19ClN4O6S. The van der Waals surface area contributed by atoms with Crippen molar-refractivity contribution in [2.24, 2.45) is 5.10 Å². The number of para-hydroxylation sites is 1. The number of non-ortho nitro benzene ring substituents is 1. The van der Waals surface area contributed by atoms with Crippen LogP contribution in [0, 0.1) is 10.1 Å². The van der Waals surface area contributed by atoms with E-state index in [0.29, 0.717) is 17.2 Å². The van der Waals surface area contributed by atoms with Crippen LogP contribution < -0.4 is 14.9 Å². The molecule has 172 valence electrons. The van der Waals surface area contributed by atoms with Crippen LogP contribution in [0.3, 0.4) is 0 Å². The molecule has 0 aliphatic rings. The largest absolute Gasteiger partial charge is 0.504 e. The fourth-order valence-corrected chi connectivity index (χ4v) is 4.12. The molecule has 0 saturated heterocycles. The Labute approximate surface area is 194 Å². The minimum Gasteiger partial charge on any atom is -0.504 e. The summed E-state index contributed by atoms with van der Waals surface area (Å²) in [7, 11) is -4.23. The van der Waals surface area contributed by atoms with Gasteiger partial charge in [-0.15, -0.1) is 0 Å². The maximum atomic E-state index is 13.0. The highest BCUT2D eigenvalue weighted by Gasteiger charge is 2.22. The van der Waals surface area contributed by atoms with Gasteiger partial charge >= 0.3 is 0 Å². The van der Waals surface area contributed by atoms with Crippen LogP contribution >= 0.6 is 11.6 Å². The van der Waals surface area contributed by atoms with E-state index in [-0.39, 0.29) is 22.9 Å². The first-order valence-electron chi connectivity index (χ1n) is 9.52. The lowest BCUT2D eigenvalue weighted by molar-refractivity contribution is -0.385. The van der Waals surface area contributed by atoms with E-state index in [0.717, 1.165) is 12.1 Å². The van der Waals surface area contributed by atoms with Crippen molar-refractivity contribution in [1.29, 1.82) is 0 Å². The van der Waals surface area contributed by atoms with Gasteiger partial charge in [-0.3, -0.25) is 20.3 Å². The highest BCUT2D eigenvalue weighted by molar-refractivity contribution is 7.92. The topological polar surface area (TPSA) is 143 Å². The number of ether oxygens (including phenoxy) is 1. The molecule has 0 amide bonds. The van der Waals surface area contributed by atoms with Crippen LogP contribution in [0.5, 0.6) is 11.5 Å². The number of hydrogen-bond acceptors (Lipinski definition) is 8. The van der Waals surface area contributed by atoms with E-state index in [1.807, 2.05) is 0 Å². The minimum absolute atomic E-state index is 0.0150. The SMILES string of the molecule is CCOc1cccc(C=NNc2ccc([N+](=O)[O-])cc2S(=O)(=O)Nc2ccc(Cl)cc2)c1O. The third kappa shape index (κ3) is 5.90. The summed E-state index contributed by atoms with van der Waals surface area (Å²) in [5.41, 5.74) is 2.67. The molecule has 0 bridgehead atoms. The Kier molecular flexibility index (Phi) is 7.36. The van der Waals surface area contributed by atoms with Gasteiger partial charge < -0.3 is 9.84 Å². The Morgan fingerprint density at radius 3 is 2.58 bits per heavy atom. The maximum absolute atomic E-state index is 13.0. The number of aromatic hydroxyl groups is 1. The molecule has 0 atom stereocenters. The number of hydrogen-bond donors (Lipinski definition) is 3. The minimum atomic E-state index is -4.23. The summed E-state index contributed by atoms with van der Waals surface area (Å²) in [5.74, 6) is 0.137. The van der Waals surface area contributed by atoms with Gasteiger partial charge in [-0.25, -0.2) is 8.42 Å². The average Bonchev–Trinajstić information content (AvgIpc) is 2.78. The van der Waals surface area contributed by atoms with Gasteiger partial charge in [0.15, 0.2) is 11.5 Å². The fraction of sp³-hybridized carbons (Fsp3) is 0.0952. The standard InChI is InChI=1S/C21H19ClN4O6S/c1-2-32-19-5-3-4-14(21(19)27)13-23-24-18-11-10-17(26(28)29)12-20(18)33(30,31)25-16-8-6-15(22)7-9-16/h3-13,24-25,27H,2H2,1H3. The number of phenolic OH excluding ortho intramolecular Hbond substituents is 1. The maximum Gasteiger partial charge on any atom is 0.270 e. The van der Waals surface area contributed by atoms with Crippen molar-refractivity contribution in [3.63, 3.8) is 0 Å². The first-order chi connectivity index (χ1) is 15.7. The molecule has 33 heavy (non-hydrogen) atoms. The molecule has 3 rings (SSSR count). The summed E-state index contributed by atoms with van der Waals surface area (Å²) in [5, 5.41) is 25.8. The van der Waals surface area contributed by atoms with Crippen molar-refractivity contribution in [2.45, 2.75) is 11.8 Å². The van der Waals surface area contributed by atoms with Gasteiger partial charge in [-0.2, -0.15) is 5.10 Å². The Bertz CT molecular complexity index is 1300. The lowest BCUT2D eigenvalue weighted by atomic mass is 10.2. The molecule has 0 saturated carbocycles. The first-order valence-corrected chi connectivity index (χ1v) is 11.4. The number of hydrazone groups is 1. The van der Waals surface area contributed by atoms with Gasteiger partial charge in [0.2, 0.25) is 0 Å². The van der Waals surface area contributed by atoms with Crippen LogP contribution in [0.2, 0.25) is 5.02 Å². The molecule has 0 aliphatic carbocycles. The van der Waals surface area contributed by atoms with Gasteiger partial charge in [-0.05, 0) is 49.4 Å². The number of sulfonamides is 1. The van der Waals surface area contributed by atoms with Gasteiger partial charge in [0.05, 0.1) is 23.4 Å². The third-order valence-corrected chi connectivity index (χ3v) is 5.95. The quantitative estimate of drug-likeness (QED) is 0.226. The van der Waals surface area contributed by atoms with Crippen LogP contribution in [0.4, 0.5) is 17.1 Å². The van der Waals surface area contributed by atoms with Crippen molar-refractivity contribution in [1.82, 2.24) is 0 Å². The molecule has 10 nitrogen and oxygen atoms in total. The number of nitrogens with one attached hydrogen (secondary N) is 2. The summed E-state index contributed by atoms with van der Waals surface area (Å²) < 4.78 is 33.6. The van der Waals surface area contributed by atoms with E-state index < -0.39 is 25.5 Å². The summed E-state index contributed by atoms with van der Waals surface area (Å²) in [4.78, 5) is 10.1. The van der Waals surface area contributed by atoms with E-state index in [4.69, 9.17) is 16.3 Å². The highest BCUT2D eigenvalue weighted by atomic mass is 35.5. The molecule has 0 radical (unpaired) electrons. The number of phenols is 1. The average molecular weight is 491 g/mol. The van der Waals surface area contributed by atoms with Crippen LogP contribution in [-0.4, -0.2) is 31.3 Å². The van der Waals surface area contributed by atoms with E-state index in [9.17, 15) is 23.6 Å². The molecule has 0 aromatic heterocycles. The van der Waals surface area contributed by atoms with Crippen LogP contribution in [0.25, 0.3) is 0 Å². The number of nitrogens with zero attached hydrogens (tertiary/aromatic N) is 2. The van der Waals surface area contributed by atoms with Gasteiger partial charge in [0.1, 0.15) is 4.90 Å². The van der Waals surface area contributed by atoms with Crippen molar-refractivity contribution in [3.8, 4) is 11.5 Å². The first kappa shape index (κ1) is 23.8. The molecule has 3 aromatic rings. The third-order valence-electron chi connectivity index (χ3n) is 4.28. The normalized spacial score (nSPS) is 11.3. The predicted molar refractivity (Wildman–Crippen MR) is 126 cm³/mol. The number of halogens is 1. The zero-order chi connectivity index (χ0) is 24.0. The van der Waals surface area contributed by atoms with Crippen LogP contribution in [0.15, 0.2) is 70.7 Å². The molecular weight excluding hydrogens is 472 g/mol. The highest BCUT2D eigenvalue weighted by Crippen LogP contribution is 2.30. The summed E-state index contributed by atoms with van der Waals surface area (Å²) in [6, 6.07) is 14.0. The van der Waals surface area contributed by atoms with E-state index >= 15 is 0 Å². The fourth-order valence-electron chi connectivity index (χ4n) is 2.75. The predicted octanol–water partition coefficient (Wildman–Crippen LogP) is 4.60. The monoisotopic (exact) mass is 490 g/mol. The zero-order valence-electron chi connectivity index (χ0n) is 17.2. The molecule has 3 N–H and O–H groups in total. The second-order valence-electron chi connectivity index (χ2n) is 6.55. The second-order valence-corrected chi connectivity index (χ2v) is 8.63. The number of anilines is 2. The van der Waals surface area contributed by atoms with Crippen LogP contribution in [0.1, 0.15) is 12.5 Å². The number of rotatable bonds is 9. The molecule has 0 spiro atoms. The van der Waals surface area contributed by atoms with Crippen molar-refractivity contribution in [3.05, 3.63) is 81.4 Å². The van der Waals surface area contributed by atoms with Crippen molar-refractivity contribution < 1.29 is 23.2 Å². The second kappa shape index (κ2) is 10.2. The smallest absolute Gasteiger partial charge is 0.270 e. The molecule has 0 unspecified atom stereocenters. The lowest BCUT2D eigenvalue weighted by Gasteiger charge is -2.12. The number of benzene rings is 3. The zero-order valence-corrected chi connectivity index (χ0v) is 18.8. The Balaban J connectivity index is 1.92. The number of nitro groups is 1. The van der Waals surface area contributed by atoms with Gasteiger partial charge in [-0.1, -0.05) is 17.7 Å². The van der Waals surface area contributed by atoms with Gasteiger partial charge in [0, 0.05) is 28.4 Å². The Morgan fingerprint density at radius 2 is 1.91 bits per heavy atom. The summed E-state index contributed by atoms with van der Waals surface area (Å²) in [6.45, 7) is 2.13. The van der Waals surface area contributed by atoms with Crippen LogP contribution in [-0.2, 0) is 10.0 Å². The van der Waals surface area contributed by atoms with E-state index in [2.05, 4.69) is 15.2 Å². The molecule has 3 aromatic carbocycles. The molecule has 0 aliphatic heterocycles. The summed E-state index contributed by atoms with van der Waals surface area (Å²) >= 11 is 5.82. The van der Waals surface area contributed by atoms with E-state index in [1.54, 1.807) is 25.1 Å². The molecule has 0 fully saturated rings. The molecule has 12 heteroatoms. The van der Waals surface area contributed by atoms with Crippen molar-refractivity contribution in [2.75, 3.05) is 16.8 Å². The lowest BCUT2D eigenvalue weighted by Crippen LogP contribution is -2.15. The number of nitro benzene ring substituents is 1. The Hall–Kier alpha value is -3.83.